The number of hydrogen-bond acceptors (Lipinski definition) is 2. The Morgan fingerprint density at radius 1 is 1.21 bits per heavy atom. The van der Waals surface area contributed by atoms with Gasteiger partial charge in [-0.15, -0.1) is 0 Å². The number of halogens is 4. The summed E-state index contributed by atoms with van der Waals surface area (Å²) in [6.07, 6.45) is -5.39. The maximum Gasteiger partial charge on any atom is 0.396 e. The second kappa shape index (κ2) is 8.10. The molecular formula is C21H19BrF3NO3. The minimum Gasteiger partial charge on any atom is -0.496 e. The third kappa shape index (κ3) is 4.42. The van der Waals surface area contributed by atoms with Gasteiger partial charge in [-0.1, -0.05) is 28.1 Å². The van der Waals surface area contributed by atoms with Crippen LogP contribution in [0.15, 0.2) is 40.9 Å². The molecule has 2 aromatic carbocycles. The largest absolute Gasteiger partial charge is 0.496 e. The normalized spacial score (nSPS) is 12.9. The van der Waals surface area contributed by atoms with Gasteiger partial charge in [0.1, 0.15) is 5.75 Å². The first-order valence-corrected chi connectivity index (χ1v) is 9.62. The van der Waals surface area contributed by atoms with E-state index >= 15 is 0 Å². The second-order valence-corrected chi connectivity index (χ2v) is 7.74. The number of carbonyl (C=O) groups is 1. The molecule has 2 N–H and O–H groups in total. The summed E-state index contributed by atoms with van der Waals surface area (Å²) in [5.74, 6) is -3.17. The molecule has 8 heteroatoms. The number of aromatic amines is 1. The Balaban J connectivity index is 2.26. The van der Waals surface area contributed by atoms with Gasteiger partial charge in [0.05, 0.1) is 19.4 Å². The maximum atomic E-state index is 13.8. The van der Waals surface area contributed by atoms with Gasteiger partial charge < -0.3 is 14.8 Å². The number of methoxy groups -OCH3 is 1. The molecule has 1 aromatic heterocycles. The van der Waals surface area contributed by atoms with Crippen LogP contribution in [0.25, 0.3) is 10.9 Å². The van der Waals surface area contributed by atoms with Crippen molar-refractivity contribution in [3.8, 4) is 5.75 Å². The maximum absolute atomic E-state index is 13.8. The summed E-state index contributed by atoms with van der Waals surface area (Å²) < 4.78 is 47.8. The van der Waals surface area contributed by atoms with Crippen LogP contribution >= 0.6 is 15.9 Å². The van der Waals surface area contributed by atoms with Crippen molar-refractivity contribution in [2.24, 2.45) is 0 Å². The van der Waals surface area contributed by atoms with Gasteiger partial charge in [-0.2, -0.15) is 13.2 Å². The highest BCUT2D eigenvalue weighted by Crippen LogP contribution is 2.45. The van der Waals surface area contributed by atoms with E-state index in [2.05, 4.69) is 20.9 Å². The molecule has 0 aliphatic rings. The van der Waals surface area contributed by atoms with Gasteiger partial charge in [-0.25, -0.2) is 0 Å². The van der Waals surface area contributed by atoms with E-state index in [1.807, 2.05) is 24.3 Å². The minimum atomic E-state index is -4.70. The van der Waals surface area contributed by atoms with Gasteiger partial charge in [0.25, 0.3) is 0 Å². The van der Waals surface area contributed by atoms with Gasteiger partial charge >= 0.3 is 12.1 Å². The standard InChI is InChI=1S/C21H19BrF3NO3/c1-11-19(15(10-18(27)28)21(23,24)25)20-14(9-12-3-5-13(22)6-4-12)17(29-2)8-7-16(20)26-11/h3-8,15,26H,9-10H2,1-2H3,(H,27,28). The van der Waals surface area contributed by atoms with Crippen molar-refractivity contribution in [3.63, 3.8) is 0 Å². The fourth-order valence-electron chi connectivity index (χ4n) is 3.66. The van der Waals surface area contributed by atoms with Crippen LogP contribution in [0.1, 0.15) is 34.7 Å². The van der Waals surface area contributed by atoms with Crippen LogP contribution in [0.3, 0.4) is 0 Å². The molecular weight excluding hydrogens is 451 g/mol. The number of hydrogen-bond donors (Lipinski definition) is 2. The fraction of sp³-hybridized carbons (Fsp3) is 0.286. The molecule has 0 saturated carbocycles. The Morgan fingerprint density at radius 2 is 1.86 bits per heavy atom. The van der Waals surface area contributed by atoms with E-state index in [4.69, 9.17) is 9.84 Å². The molecule has 1 atom stereocenters. The lowest BCUT2D eigenvalue weighted by atomic mass is 9.89. The average Bonchev–Trinajstić information content (AvgIpc) is 2.96. The Morgan fingerprint density at radius 3 is 2.41 bits per heavy atom. The lowest BCUT2D eigenvalue weighted by molar-refractivity contribution is -0.163. The summed E-state index contributed by atoms with van der Waals surface area (Å²) in [6.45, 7) is 1.53. The zero-order valence-corrected chi connectivity index (χ0v) is 17.3. The highest BCUT2D eigenvalue weighted by Gasteiger charge is 2.44. The summed E-state index contributed by atoms with van der Waals surface area (Å²) in [5, 5.41) is 9.47. The highest BCUT2D eigenvalue weighted by atomic mass is 79.9. The lowest BCUT2D eigenvalue weighted by Gasteiger charge is -2.21. The van der Waals surface area contributed by atoms with Crippen molar-refractivity contribution in [3.05, 3.63) is 63.3 Å². The van der Waals surface area contributed by atoms with Gasteiger partial charge in [0, 0.05) is 33.1 Å². The average molecular weight is 470 g/mol. The Kier molecular flexibility index (Phi) is 5.93. The van der Waals surface area contributed by atoms with Crippen LogP contribution in [0.5, 0.6) is 5.75 Å². The molecule has 154 valence electrons. The molecule has 0 amide bonds. The number of alkyl halides is 3. The zero-order valence-electron chi connectivity index (χ0n) is 15.7. The van der Waals surface area contributed by atoms with E-state index in [0.717, 1.165) is 10.0 Å². The molecule has 1 unspecified atom stereocenters. The molecule has 4 nitrogen and oxygen atoms in total. The van der Waals surface area contributed by atoms with E-state index < -0.39 is 24.5 Å². The van der Waals surface area contributed by atoms with Crippen molar-refractivity contribution in [1.82, 2.24) is 4.98 Å². The number of rotatable bonds is 6. The first-order valence-electron chi connectivity index (χ1n) is 8.82. The third-order valence-corrected chi connectivity index (χ3v) is 5.43. The molecule has 29 heavy (non-hydrogen) atoms. The SMILES string of the molecule is COc1ccc2[nH]c(C)c(C(CC(=O)O)C(F)(F)F)c2c1Cc1ccc(Br)cc1. The predicted octanol–water partition coefficient (Wildman–Crippen LogP) is 5.96. The molecule has 0 radical (unpaired) electrons. The molecule has 3 aromatic rings. The molecule has 0 bridgehead atoms. The molecule has 0 spiro atoms. The smallest absolute Gasteiger partial charge is 0.396 e. The van der Waals surface area contributed by atoms with Gasteiger partial charge in [-0.3, -0.25) is 4.79 Å². The van der Waals surface area contributed by atoms with E-state index in [1.54, 1.807) is 12.1 Å². The van der Waals surface area contributed by atoms with Crippen LogP contribution < -0.4 is 4.74 Å². The number of aryl methyl sites for hydroxylation is 1. The van der Waals surface area contributed by atoms with Crippen LogP contribution in [0.2, 0.25) is 0 Å². The Bertz CT molecular complexity index is 1040. The van der Waals surface area contributed by atoms with Gasteiger partial charge in [-0.05, 0) is 42.3 Å². The zero-order chi connectivity index (χ0) is 21.3. The number of nitrogens with one attached hydrogen (secondary N) is 1. The van der Waals surface area contributed by atoms with Crippen molar-refractivity contribution in [2.75, 3.05) is 7.11 Å². The fourth-order valence-corrected chi connectivity index (χ4v) is 3.93. The van der Waals surface area contributed by atoms with Gasteiger partial charge in [0.15, 0.2) is 0 Å². The Labute approximate surface area is 173 Å². The summed E-state index contributed by atoms with van der Waals surface area (Å²) in [4.78, 5) is 14.2. The summed E-state index contributed by atoms with van der Waals surface area (Å²) in [7, 11) is 1.46. The minimum absolute atomic E-state index is 0.0408. The van der Waals surface area contributed by atoms with E-state index in [0.29, 0.717) is 34.3 Å². The number of H-pyrrole nitrogens is 1. The Hall–Kier alpha value is -2.48. The quantitative estimate of drug-likeness (QED) is 0.468. The lowest BCUT2D eigenvalue weighted by Crippen LogP contribution is -2.24. The third-order valence-electron chi connectivity index (χ3n) is 4.90. The molecule has 0 fully saturated rings. The summed E-state index contributed by atoms with van der Waals surface area (Å²) >= 11 is 3.37. The number of fused-ring (bicyclic) bond motifs is 1. The van der Waals surface area contributed by atoms with E-state index in [9.17, 15) is 18.0 Å². The molecule has 0 aliphatic carbocycles. The van der Waals surface area contributed by atoms with Crippen LogP contribution in [-0.2, 0) is 11.2 Å². The van der Waals surface area contributed by atoms with Crippen LogP contribution in [0.4, 0.5) is 13.2 Å². The summed E-state index contributed by atoms with van der Waals surface area (Å²) in [6, 6.07) is 10.8. The number of benzene rings is 2. The molecule has 1 heterocycles. The number of aliphatic carboxylic acids is 1. The van der Waals surface area contributed by atoms with Crippen molar-refractivity contribution in [1.29, 1.82) is 0 Å². The monoisotopic (exact) mass is 469 g/mol. The van der Waals surface area contributed by atoms with Gasteiger partial charge in [0.2, 0.25) is 0 Å². The molecule has 0 aliphatic heterocycles. The number of carboxylic acids is 1. The van der Waals surface area contributed by atoms with E-state index in [1.165, 1.54) is 14.0 Å². The van der Waals surface area contributed by atoms with E-state index in [-0.39, 0.29) is 5.56 Å². The first-order chi connectivity index (χ1) is 13.6. The molecule has 3 rings (SSSR count). The van der Waals surface area contributed by atoms with Crippen molar-refractivity contribution in [2.45, 2.75) is 31.9 Å². The highest BCUT2D eigenvalue weighted by molar-refractivity contribution is 9.10. The molecule has 0 saturated heterocycles. The topological polar surface area (TPSA) is 62.3 Å². The second-order valence-electron chi connectivity index (χ2n) is 6.83. The first kappa shape index (κ1) is 21.2. The summed E-state index contributed by atoms with van der Waals surface area (Å²) in [5.41, 5.74) is 2.26. The number of ether oxygens (including phenoxy) is 1. The number of aromatic nitrogens is 1. The van der Waals surface area contributed by atoms with Crippen LogP contribution in [-0.4, -0.2) is 29.3 Å². The van der Waals surface area contributed by atoms with Crippen molar-refractivity contribution < 1.29 is 27.8 Å². The van der Waals surface area contributed by atoms with Crippen LogP contribution in [0, 0.1) is 6.92 Å². The number of carboxylic acid groups (broad SMARTS) is 1. The van der Waals surface area contributed by atoms with Crippen molar-refractivity contribution >= 4 is 32.8 Å². The predicted molar refractivity (Wildman–Crippen MR) is 108 cm³/mol.